The van der Waals surface area contributed by atoms with Gasteiger partial charge in [-0.15, -0.1) is 0 Å². The minimum absolute atomic E-state index is 0.0497. The fourth-order valence-electron chi connectivity index (χ4n) is 8.83. The summed E-state index contributed by atoms with van der Waals surface area (Å²) >= 11 is 0. The highest BCUT2D eigenvalue weighted by molar-refractivity contribution is 5.84. The highest BCUT2D eigenvalue weighted by Crippen LogP contribution is 2.57. The summed E-state index contributed by atoms with van der Waals surface area (Å²) in [7, 11) is 0. The van der Waals surface area contributed by atoms with Gasteiger partial charge in [0.1, 0.15) is 34.6 Å². The molecule has 0 aliphatic rings. The van der Waals surface area contributed by atoms with Crippen LogP contribution in [0.1, 0.15) is 11.1 Å². The maximum absolute atomic E-state index is 15.5. The molecular weight excluding hydrogens is 979 g/mol. The van der Waals surface area contributed by atoms with Gasteiger partial charge in [0.15, 0.2) is 0 Å². The zero-order valence-corrected chi connectivity index (χ0v) is 38.6. The number of H-pyrrole nitrogens is 2. The number of alkyl halides is 6. The van der Waals surface area contributed by atoms with Gasteiger partial charge in [0.25, 0.3) is 11.4 Å². The van der Waals surface area contributed by atoms with E-state index < -0.39 is 38.7 Å². The predicted molar refractivity (Wildman–Crippen MR) is 269 cm³/mol. The van der Waals surface area contributed by atoms with E-state index in [0.717, 1.165) is 47.5 Å². The summed E-state index contributed by atoms with van der Waals surface area (Å²) in [6.07, 6.45) is -11.9. The topological polar surface area (TPSA) is 162 Å². The van der Waals surface area contributed by atoms with E-state index in [-0.39, 0.29) is 57.1 Å². The third kappa shape index (κ3) is 9.43. The zero-order chi connectivity index (χ0) is 52.5. The van der Waals surface area contributed by atoms with Crippen molar-refractivity contribution in [2.75, 3.05) is 0 Å². The summed E-state index contributed by atoms with van der Waals surface area (Å²) in [6.45, 7) is 0. The summed E-state index contributed by atoms with van der Waals surface area (Å²) in [6, 6.07) is 50.0. The molecule has 2 aromatic heterocycles. The van der Waals surface area contributed by atoms with Gasteiger partial charge in [-0.2, -0.15) is 26.3 Å². The van der Waals surface area contributed by atoms with Crippen LogP contribution in [0.3, 0.4) is 0 Å². The van der Waals surface area contributed by atoms with Crippen molar-refractivity contribution < 1.29 is 45.7 Å². The molecule has 0 bridgehead atoms. The summed E-state index contributed by atoms with van der Waals surface area (Å²) in [5, 5.41) is 24.0. The molecule has 0 aliphatic heterocycles. The molecule has 8 aromatic carbocycles. The molecule has 0 saturated carbocycles. The van der Waals surface area contributed by atoms with Crippen molar-refractivity contribution in [3.8, 4) is 90.8 Å². The highest BCUT2D eigenvalue weighted by Gasteiger charge is 2.72. The number of nitrogens with zero attached hydrogens (tertiary/aromatic N) is 4. The van der Waals surface area contributed by atoms with E-state index in [2.05, 4.69) is 9.97 Å². The van der Waals surface area contributed by atoms with E-state index in [0.29, 0.717) is 58.2 Å². The number of aromatic amines is 2. The highest BCUT2D eigenvalue weighted by atomic mass is 19.4. The number of aromatic nitrogens is 4. The quantitative estimate of drug-likeness (QED) is 0.0618. The molecule has 0 radical (unpaired) electrons. The van der Waals surface area contributed by atoms with Gasteiger partial charge in [0, 0.05) is 46.5 Å². The zero-order valence-electron chi connectivity index (χ0n) is 38.6. The maximum atomic E-state index is 15.5. The van der Waals surface area contributed by atoms with Gasteiger partial charge in [0.05, 0.1) is 43.7 Å². The number of hydrogen-bond acceptors (Lipinski definition) is 8. The lowest BCUT2D eigenvalue weighted by Crippen LogP contribution is -2.54. The van der Waals surface area contributed by atoms with E-state index in [1.165, 1.54) is 24.3 Å². The maximum Gasteiger partial charge on any atom is 0.411 e. The van der Waals surface area contributed by atoms with Gasteiger partial charge in [0.2, 0.25) is 5.41 Å². The van der Waals surface area contributed by atoms with Crippen molar-refractivity contribution in [2.45, 2.75) is 17.8 Å². The molecular formula is C57H36F6N6O6. The number of benzene rings is 8. The van der Waals surface area contributed by atoms with Crippen molar-refractivity contribution in [2.24, 2.45) is 0 Å². The van der Waals surface area contributed by atoms with Crippen LogP contribution in [0.25, 0.3) is 67.8 Å². The van der Waals surface area contributed by atoms with Crippen LogP contribution in [-0.4, -0.2) is 42.1 Å². The first-order chi connectivity index (χ1) is 36.1. The van der Waals surface area contributed by atoms with Crippen molar-refractivity contribution in [3.05, 3.63) is 238 Å². The van der Waals surface area contributed by atoms with Crippen LogP contribution < -0.4 is 9.47 Å². The van der Waals surface area contributed by atoms with Gasteiger partial charge in [-0.1, -0.05) is 146 Å². The number of ether oxygens (including phenoxy) is 2. The Morgan fingerprint density at radius 1 is 0.413 bits per heavy atom. The van der Waals surface area contributed by atoms with E-state index in [1.807, 2.05) is 121 Å². The fourth-order valence-corrected chi connectivity index (χ4v) is 8.83. The molecule has 0 amide bonds. The molecule has 0 fully saturated rings. The number of nitro benzene ring substituents is 2. The number of non-ortho nitro benzene ring substituents is 2. The minimum Gasteiger partial charge on any atom is -0.457 e. The molecule has 75 heavy (non-hydrogen) atoms. The number of imidazole rings is 2. The Kier molecular flexibility index (Phi) is 12.8. The molecule has 12 nitrogen and oxygen atoms in total. The largest absolute Gasteiger partial charge is 0.457 e. The molecule has 0 saturated heterocycles. The smallest absolute Gasteiger partial charge is 0.411 e. The second-order valence-corrected chi connectivity index (χ2v) is 17.0. The number of nitrogens with one attached hydrogen (secondary N) is 2. The standard InChI is InChI=1S/C57H36F6N6O6/c58-56(59,60)55(57(61,62)63,39-21-27-43(28-22-39)74-47-31-25-41(68(70)71)33-45(47)53-64-49(35-13-5-1-6-14-35)50(65-53)36-15-7-2-8-16-36)40-23-29-44(30-24-40)75-48-32-26-42(69(72)73)34-46(48)54-66-51(37-17-9-3-10-18-37)52(67-54)38-19-11-4-12-20-38/h1-34H,(H,64,65)(H,66,67). The first kappa shape index (κ1) is 48.8. The Labute approximate surface area is 421 Å². The lowest BCUT2D eigenvalue weighted by atomic mass is 9.73. The second kappa shape index (κ2) is 19.6. The van der Waals surface area contributed by atoms with Crippen LogP contribution in [-0.2, 0) is 5.41 Å². The van der Waals surface area contributed by atoms with E-state index in [1.54, 1.807) is 0 Å². The minimum atomic E-state index is -5.97. The molecule has 10 aromatic rings. The van der Waals surface area contributed by atoms with Crippen LogP contribution in [0.2, 0.25) is 0 Å². The number of hydrogen-bond donors (Lipinski definition) is 2. The van der Waals surface area contributed by atoms with Gasteiger partial charge < -0.3 is 19.4 Å². The van der Waals surface area contributed by atoms with E-state index in [4.69, 9.17) is 19.4 Å². The Morgan fingerprint density at radius 2 is 0.733 bits per heavy atom. The monoisotopic (exact) mass is 1010 g/mol. The van der Waals surface area contributed by atoms with Crippen LogP contribution in [0.5, 0.6) is 23.0 Å². The third-order valence-corrected chi connectivity index (χ3v) is 12.4. The first-order valence-corrected chi connectivity index (χ1v) is 22.8. The molecule has 0 spiro atoms. The van der Waals surface area contributed by atoms with E-state index >= 15 is 26.3 Å². The van der Waals surface area contributed by atoms with Crippen molar-refractivity contribution in [1.29, 1.82) is 0 Å². The van der Waals surface area contributed by atoms with Gasteiger partial charge in [-0.3, -0.25) is 20.2 Å². The second-order valence-electron chi connectivity index (χ2n) is 17.0. The average molecular weight is 1010 g/mol. The van der Waals surface area contributed by atoms with Crippen molar-refractivity contribution in [3.63, 3.8) is 0 Å². The lowest BCUT2D eigenvalue weighted by Gasteiger charge is -2.38. The van der Waals surface area contributed by atoms with Crippen LogP contribution in [0, 0.1) is 20.2 Å². The number of halogens is 6. The molecule has 0 atom stereocenters. The lowest BCUT2D eigenvalue weighted by molar-refractivity contribution is -0.385. The van der Waals surface area contributed by atoms with Gasteiger partial charge >= 0.3 is 12.4 Å². The molecule has 2 N–H and O–H groups in total. The van der Waals surface area contributed by atoms with Crippen LogP contribution >= 0.6 is 0 Å². The predicted octanol–water partition coefficient (Wildman–Crippen LogP) is 15.9. The Balaban J connectivity index is 0.991. The number of nitro groups is 2. The molecule has 372 valence electrons. The van der Waals surface area contributed by atoms with Gasteiger partial charge in [-0.25, -0.2) is 9.97 Å². The normalized spacial score (nSPS) is 11.8. The number of rotatable bonds is 14. The first-order valence-electron chi connectivity index (χ1n) is 22.8. The molecule has 0 aliphatic carbocycles. The summed E-state index contributed by atoms with van der Waals surface area (Å²) in [5.41, 5.74) is -2.50. The van der Waals surface area contributed by atoms with Crippen LogP contribution in [0.4, 0.5) is 37.7 Å². The summed E-state index contributed by atoms with van der Waals surface area (Å²) < 4.78 is 105. The average Bonchev–Trinajstić information content (AvgIpc) is 4.10. The van der Waals surface area contributed by atoms with Crippen molar-refractivity contribution in [1.82, 2.24) is 19.9 Å². The molecule has 2 heterocycles. The summed E-state index contributed by atoms with van der Waals surface area (Å²) in [4.78, 5) is 38.8. The van der Waals surface area contributed by atoms with Crippen LogP contribution in [0.15, 0.2) is 206 Å². The fraction of sp³-hybridized carbons (Fsp3) is 0.0526. The van der Waals surface area contributed by atoms with E-state index in [9.17, 15) is 20.2 Å². The molecule has 18 heteroatoms. The Hall–Kier alpha value is -9.84. The molecule has 0 unspecified atom stereocenters. The summed E-state index contributed by atoms with van der Waals surface area (Å²) in [5.74, 6) is -0.238. The van der Waals surface area contributed by atoms with Crippen molar-refractivity contribution >= 4 is 11.4 Å². The Morgan fingerprint density at radius 3 is 1.04 bits per heavy atom. The Bertz CT molecular complexity index is 3330. The molecule has 10 rings (SSSR count). The third-order valence-electron chi connectivity index (χ3n) is 12.4. The SMILES string of the molecule is O=[N+]([O-])c1ccc(Oc2ccc(C(c3ccc(Oc4ccc([N+](=O)[O-])cc4-c4nc(-c5ccccc5)c(-c5ccccc5)[nH]4)cc3)(C(F)(F)F)C(F)(F)F)cc2)c(-c2nc(-c3ccccc3)c(-c3ccccc3)[nH]2)c1. The van der Waals surface area contributed by atoms with Gasteiger partial charge in [-0.05, 0) is 47.5 Å².